The van der Waals surface area contributed by atoms with Crippen LogP contribution < -0.4 is 10.1 Å². The number of ether oxygens (including phenoxy) is 1. The number of halogens is 1. The Kier molecular flexibility index (Phi) is 4.33. The van der Waals surface area contributed by atoms with Gasteiger partial charge in [0.05, 0.1) is 0 Å². The van der Waals surface area contributed by atoms with E-state index in [0.717, 1.165) is 29.7 Å². The molecule has 1 aromatic carbocycles. The minimum Gasteiger partial charge on any atom is -0.488 e. The molecule has 1 aromatic rings. The van der Waals surface area contributed by atoms with Gasteiger partial charge in [-0.1, -0.05) is 36.7 Å². The van der Waals surface area contributed by atoms with Crippen molar-refractivity contribution >= 4 is 15.9 Å². The van der Waals surface area contributed by atoms with Crippen LogP contribution in [0.25, 0.3) is 0 Å². The Labute approximate surface area is 118 Å². The molecule has 1 atom stereocenters. The maximum Gasteiger partial charge on any atom is 0.123 e. The first-order valence-corrected chi connectivity index (χ1v) is 7.39. The predicted molar refractivity (Wildman–Crippen MR) is 79.2 cm³/mol. The molecule has 0 bridgehead atoms. The normalized spacial score (nSPS) is 18.6. The third-order valence-corrected chi connectivity index (χ3v) is 3.68. The molecule has 0 saturated heterocycles. The summed E-state index contributed by atoms with van der Waals surface area (Å²) in [6.07, 6.45) is 2.49. The molecule has 100 valence electrons. The van der Waals surface area contributed by atoms with Gasteiger partial charge in [0.2, 0.25) is 0 Å². The highest BCUT2D eigenvalue weighted by Crippen LogP contribution is 2.30. The summed E-state index contributed by atoms with van der Waals surface area (Å²) in [6, 6.07) is 6.24. The highest BCUT2D eigenvalue weighted by Gasteiger charge is 2.22. The minimum absolute atomic E-state index is 0.286. The Morgan fingerprint density at radius 1 is 1.39 bits per heavy atom. The average molecular weight is 312 g/mol. The van der Waals surface area contributed by atoms with Crippen LogP contribution in [-0.2, 0) is 6.42 Å². The molecule has 2 nitrogen and oxygen atoms in total. The molecule has 0 aromatic heterocycles. The van der Waals surface area contributed by atoms with Crippen LogP contribution in [0, 0.1) is 5.41 Å². The first-order chi connectivity index (χ1) is 8.44. The Balaban J connectivity index is 1.75. The third-order valence-electron chi connectivity index (χ3n) is 3.19. The van der Waals surface area contributed by atoms with Crippen molar-refractivity contribution in [3.63, 3.8) is 0 Å². The van der Waals surface area contributed by atoms with Crippen LogP contribution in [0.4, 0.5) is 0 Å². The lowest BCUT2D eigenvalue weighted by Gasteiger charge is -2.19. The molecule has 1 heterocycles. The van der Waals surface area contributed by atoms with Gasteiger partial charge >= 0.3 is 0 Å². The molecular weight excluding hydrogens is 290 g/mol. The van der Waals surface area contributed by atoms with Crippen LogP contribution in [0.1, 0.15) is 32.8 Å². The topological polar surface area (TPSA) is 21.3 Å². The van der Waals surface area contributed by atoms with Crippen molar-refractivity contribution in [2.24, 2.45) is 5.41 Å². The van der Waals surface area contributed by atoms with E-state index in [1.165, 1.54) is 12.0 Å². The molecule has 2 rings (SSSR count). The lowest BCUT2D eigenvalue weighted by Crippen LogP contribution is -2.32. The number of fused-ring (bicyclic) bond motifs is 1. The van der Waals surface area contributed by atoms with Gasteiger partial charge in [-0.15, -0.1) is 0 Å². The molecule has 1 aliphatic heterocycles. The van der Waals surface area contributed by atoms with Gasteiger partial charge in [-0.2, -0.15) is 0 Å². The Bertz CT molecular complexity index is 411. The second kappa shape index (κ2) is 5.62. The lowest BCUT2D eigenvalue weighted by atomic mass is 9.92. The summed E-state index contributed by atoms with van der Waals surface area (Å²) in [6.45, 7) is 8.81. The minimum atomic E-state index is 0.286. The van der Waals surface area contributed by atoms with Gasteiger partial charge in [0, 0.05) is 17.4 Å². The summed E-state index contributed by atoms with van der Waals surface area (Å²) >= 11 is 3.50. The van der Waals surface area contributed by atoms with E-state index in [1.807, 2.05) is 6.07 Å². The molecule has 0 spiro atoms. The zero-order valence-electron chi connectivity index (χ0n) is 11.4. The van der Waals surface area contributed by atoms with Crippen molar-refractivity contribution < 1.29 is 4.74 Å². The highest BCUT2D eigenvalue weighted by molar-refractivity contribution is 9.10. The maximum atomic E-state index is 5.91. The molecule has 3 heteroatoms. The summed E-state index contributed by atoms with van der Waals surface area (Å²) in [5.41, 5.74) is 1.71. The van der Waals surface area contributed by atoms with E-state index >= 15 is 0 Å². The molecule has 0 radical (unpaired) electrons. The van der Waals surface area contributed by atoms with Crippen LogP contribution in [-0.4, -0.2) is 19.2 Å². The molecule has 1 aliphatic rings. The second-order valence-electron chi connectivity index (χ2n) is 6.21. The van der Waals surface area contributed by atoms with Gasteiger partial charge in [-0.3, -0.25) is 0 Å². The lowest BCUT2D eigenvalue weighted by molar-refractivity contribution is 0.224. The summed E-state index contributed by atoms with van der Waals surface area (Å²) < 4.78 is 7.04. The van der Waals surface area contributed by atoms with E-state index in [0.29, 0.717) is 5.41 Å². The Morgan fingerprint density at radius 2 is 2.17 bits per heavy atom. The SMILES string of the molecule is CC(C)(C)CCNCC1Cc2cc(Br)ccc2O1. The maximum absolute atomic E-state index is 5.91. The van der Waals surface area contributed by atoms with Crippen LogP contribution in [0.15, 0.2) is 22.7 Å². The van der Waals surface area contributed by atoms with Crippen LogP contribution in [0.5, 0.6) is 5.75 Å². The highest BCUT2D eigenvalue weighted by atomic mass is 79.9. The quantitative estimate of drug-likeness (QED) is 0.854. The molecule has 0 fully saturated rings. The molecule has 1 N–H and O–H groups in total. The number of rotatable bonds is 4. The number of benzene rings is 1. The van der Waals surface area contributed by atoms with E-state index < -0.39 is 0 Å². The van der Waals surface area contributed by atoms with Gasteiger partial charge in [0.25, 0.3) is 0 Å². The van der Waals surface area contributed by atoms with Crippen molar-refractivity contribution in [3.8, 4) is 5.75 Å². The van der Waals surface area contributed by atoms with Crippen molar-refractivity contribution in [2.75, 3.05) is 13.1 Å². The van der Waals surface area contributed by atoms with Gasteiger partial charge in [-0.05, 0) is 42.1 Å². The number of hydrogen-bond acceptors (Lipinski definition) is 2. The van der Waals surface area contributed by atoms with Crippen LogP contribution in [0.2, 0.25) is 0 Å². The zero-order valence-corrected chi connectivity index (χ0v) is 13.0. The van der Waals surface area contributed by atoms with E-state index in [1.54, 1.807) is 0 Å². The summed E-state index contributed by atoms with van der Waals surface area (Å²) in [5.74, 6) is 1.04. The summed E-state index contributed by atoms with van der Waals surface area (Å²) in [4.78, 5) is 0. The Hall–Kier alpha value is -0.540. The van der Waals surface area contributed by atoms with Gasteiger partial charge in [-0.25, -0.2) is 0 Å². The molecular formula is C15H22BrNO. The van der Waals surface area contributed by atoms with E-state index in [4.69, 9.17) is 4.74 Å². The smallest absolute Gasteiger partial charge is 0.123 e. The molecule has 18 heavy (non-hydrogen) atoms. The van der Waals surface area contributed by atoms with E-state index in [-0.39, 0.29) is 6.10 Å². The van der Waals surface area contributed by atoms with E-state index in [9.17, 15) is 0 Å². The van der Waals surface area contributed by atoms with Crippen LogP contribution in [0.3, 0.4) is 0 Å². The zero-order chi connectivity index (χ0) is 13.2. The largest absolute Gasteiger partial charge is 0.488 e. The van der Waals surface area contributed by atoms with Gasteiger partial charge in [0.15, 0.2) is 0 Å². The standard InChI is InChI=1S/C15H22BrNO/c1-15(2,3)6-7-17-10-13-9-11-8-12(16)4-5-14(11)18-13/h4-5,8,13,17H,6-7,9-10H2,1-3H3. The average Bonchev–Trinajstić information content (AvgIpc) is 2.65. The van der Waals surface area contributed by atoms with Crippen molar-refractivity contribution in [2.45, 2.75) is 39.7 Å². The van der Waals surface area contributed by atoms with Crippen molar-refractivity contribution in [1.82, 2.24) is 5.32 Å². The number of hydrogen-bond donors (Lipinski definition) is 1. The van der Waals surface area contributed by atoms with E-state index in [2.05, 4.69) is 54.2 Å². The van der Waals surface area contributed by atoms with Crippen molar-refractivity contribution in [1.29, 1.82) is 0 Å². The fourth-order valence-electron chi connectivity index (χ4n) is 2.13. The summed E-state index contributed by atoms with van der Waals surface area (Å²) in [7, 11) is 0. The summed E-state index contributed by atoms with van der Waals surface area (Å²) in [5, 5.41) is 3.50. The first kappa shape index (κ1) is 13.9. The molecule has 0 saturated carbocycles. The monoisotopic (exact) mass is 311 g/mol. The molecule has 0 aliphatic carbocycles. The van der Waals surface area contributed by atoms with Gasteiger partial charge < -0.3 is 10.1 Å². The van der Waals surface area contributed by atoms with Crippen molar-refractivity contribution in [3.05, 3.63) is 28.2 Å². The third kappa shape index (κ3) is 3.99. The molecule has 1 unspecified atom stereocenters. The second-order valence-corrected chi connectivity index (χ2v) is 7.13. The molecule has 0 amide bonds. The number of nitrogens with one attached hydrogen (secondary N) is 1. The Morgan fingerprint density at radius 3 is 2.89 bits per heavy atom. The fraction of sp³-hybridized carbons (Fsp3) is 0.600. The van der Waals surface area contributed by atoms with Crippen LogP contribution >= 0.6 is 15.9 Å². The predicted octanol–water partition coefficient (Wildman–Crippen LogP) is 3.78. The fourth-order valence-corrected chi connectivity index (χ4v) is 2.54. The first-order valence-electron chi connectivity index (χ1n) is 6.60. The van der Waals surface area contributed by atoms with Gasteiger partial charge in [0.1, 0.15) is 11.9 Å².